The highest BCUT2D eigenvalue weighted by Gasteiger charge is 2.27. The van der Waals surface area contributed by atoms with Gasteiger partial charge in [-0.25, -0.2) is 0 Å². The quantitative estimate of drug-likeness (QED) is 0.608. The largest absolute Gasteiger partial charge is 0.368 e. The molecule has 6 nitrogen and oxygen atoms in total. The van der Waals surface area contributed by atoms with Gasteiger partial charge in [-0.3, -0.25) is 14.6 Å². The molecule has 2 aliphatic heterocycles. The second kappa shape index (κ2) is 6.47. The number of hydrogen-bond acceptors (Lipinski definition) is 5. The van der Waals surface area contributed by atoms with Crippen LogP contribution in [0, 0.1) is 0 Å². The molecule has 6 heteroatoms. The van der Waals surface area contributed by atoms with Gasteiger partial charge in [-0.1, -0.05) is 0 Å². The van der Waals surface area contributed by atoms with Gasteiger partial charge in [0.2, 0.25) is 5.91 Å². The van der Waals surface area contributed by atoms with Crippen LogP contribution in [0.25, 0.3) is 0 Å². The van der Waals surface area contributed by atoms with E-state index in [0.29, 0.717) is 6.54 Å². The van der Waals surface area contributed by atoms with E-state index in [-0.39, 0.29) is 11.9 Å². The number of nitrogens with one attached hydrogen (secondary N) is 1. The van der Waals surface area contributed by atoms with E-state index >= 15 is 0 Å². The normalized spacial score (nSPS) is 28.4. The fourth-order valence-electron chi connectivity index (χ4n) is 2.64. The molecule has 2 heterocycles. The zero-order valence-corrected chi connectivity index (χ0v) is 11.3. The van der Waals surface area contributed by atoms with Crippen molar-refractivity contribution in [2.24, 2.45) is 5.73 Å². The summed E-state index contributed by atoms with van der Waals surface area (Å²) in [4.78, 5) is 18.4. The van der Waals surface area contributed by atoms with Gasteiger partial charge < -0.3 is 16.0 Å². The number of rotatable bonds is 4. The number of primary amides is 1. The van der Waals surface area contributed by atoms with E-state index in [0.717, 1.165) is 52.4 Å². The lowest BCUT2D eigenvalue weighted by Crippen LogP contribution is -2.58. The van der Waals surface area contributed by atoms with Gasteiger partial charge in [-0.2, -0.15) is 0 Å². The number of carbonyl (C=O) groups is 1. The number of carbonyl (C=O) groups excluding carboxylic acids is 1. The molecule has 1 amide bonds. The number of hydrogen-bond donors (Lipinski definition) is 2. The third-order valence-corrected chi connectivity index (χ3v) is 3.98. The monoisotopic (exact) mass is 255 g/mol. The Bertz CT molecular complexity index is 278. The average molecular weight is 255 g/mol. The Balaban J connectivity index is 1.75. The van der Waals surface area contributed by atoms with Crippen LogP contribution in [0.2, 0.25) is 0 Å². The maximum Gasteiger partial charge on any atom is 0.236 e. The fraction of sp³-hybridized carbons (Fsp3) is 0.917. The summed E-state index contributed by atoms with van der Waals surface area (Å²) in [6.07, 6.45) is 0. The smallest absolute Gasteiger partial charge is 0.236 e. The Morgan fingerprint density at radius 1 is 1.22 bits per heavy atom. The van der Waals surface area contributed by atoms with Crippen molar-refractivity contribution < 1.29 is 4.79 Å². The minimum atomic E-state index is -0.208. The molecule has 0 spiro atoms. The Kier molecular flexibility index (Phi) is 4.94. The number of amides is 1. The molecule has 18 heavy (non-hydrogen) atoms. The van der Waals surface area contributed by atoms with Crippen molar-refractivity contribution in [1.82, 2.24) is 20.0 Å². The molecule has 0 radical (unpaired) electrons. The van der Waals surface area contributed by atoms with Gasteiger partial charge in [0.25, 0.3) is 0 Å². The summed E-state index contributed by atoms with van der Waals surface area (Å²) in [5.41, 5.74) is 5.44. The minimum Gasteiger partial charge on any atom is -0.368 e. The lowest BCUT2D eigenvalue weighted by atomic mass is 10.2. The molecule has 0 saturated carbocycles. The first kappa shape index (κ1) is 13.7. The van der Waals surface area contributed by atoms with Crippen LogP contribution >= 0.6 is 0 Å². The fourth-order valence-corrected chi connectivity index (χ4v) is 2.64. The zero-order valence-electron chi connectivity index (χ0n) is 11.3. The van der Waals surface area contributed by atoms with Crippen molar-refractivity contribution in [1.29, 1.82) is 0 Å². The van der Waals surface area contributed by atoms with Crippen LogP contribution in [-0.4, -0.2) is 92.6 Å². The van der Waals surface area contributed by atoms with Crippen LogP contribution in [0.5, 0.6) is 0 Å². The Morgan fingerprint density at radius 2 is 1.94 bits per heavy atom. The molecule has 2 saturated heterocycles. The van der Waals surface area contributed by atoms with E-state index < -0.39 is 0 Å². The van der Waals surface area contributed by atoms with Gasteiger partial charge in [0.05, 0.1) is 0 Å². The molecule has 1 unspecified atom stereocenters. The van der Waals surface area contributed by atoms with Crippen molar-refractivity contribution in [3.63, 3.8) is 0 Å². The average Bonchev–Trinajstić information content (AvgIpc) is 2.38. The molecule has 2 fully saturated rings. The highest BCUT2D eigenvalue weighted by atomic mass is 16.1. The number of piperazine rings is 2. The van der Waals surface area contributed by atoms with Crippen LogP contribution < -0.4 is 11.1 Å². The first-order chi connectivity index (χ1) is 8.66. The molecule has 0 aromatic carbocycles. The highest BCUT2D eigenvalue weighted by Crippen LogP contribution is 2.05. The lowest BCUT2D eigenvalue weighted by Gasteiger charge is -2.37. The highest BCUT2D eigenvalue weighted by molar-refractivity contribution is 5.80. The number of nitrogens with zero attached hydrogens (tertiary/aromatic N) is 3. The molecular formula is C12H25N5O. The summed E-state index contributed by atoms with van der Waals surface area (Å²) >= 11 is 0. The summed E-state index contributed by atoms with van der Waals surface area (Å²) in [5.74, 6) is -0.208. The van der Waals surface area contributed by atoms with Crippen molar-refractivity contribution in [2.75, 3.05) is 66.0 Å². The molecule has 2 aliphatic rings. The van der Waals surface area contributed by atoms with E-state index in [4.69, 9.17) is 5.73 Å². The number of likely N-dealkylation sites (N-methyl/N-ethyl adjacent to an activating group) is 1. The maximum atomic E-state index is 11.4. The van der Waals surface area contributed by atoms with E-state index in [9.17, 15) is 4.79 Å². The molecule has 2 rings (SSSR count). The molecule has 0 bridgehead atoms. The van der Waals surface area contributed by atoms with E-state index in [2.05, 4.69) is 27.1 Å². The van der Waals surface area contributed by atoms with Gasteiger partial charge in [0.15, 0.2) is 0 Å². The molecule has 1 atom stereocenters. The zero-order chi connectivity index (χ0) is 13.0. The van der Waals surface area contributed by atoms with Gasteiger partial charge in [-0.15, -0.1) is 0 Å². The van der Waals surface area contributed by atoms with Crippen molar-refractivity contribution in [3.05, 3.63) is 0 Å². The predicted octanol–water partition coefficient (Wildman–Crippen LogP) is -2.01. The van der Waals surface area contributed by atoms with Crippen LogP contribution in [0.1, 0.15) is 0 Å². The van der Waals surface area contributed by atoms with E-state index in [1.54, 1.807) is 0 Å². The predicted molar refractivity (Wildman–Crippen MR) is 71.4 cm³/mol. The number of nitrogens with two attached hydrogens (primary N) is 1. The summed E-state index contributed by atoms with van der Waals surface area (Å²) in [7, 11) is 2.16. The van der Waals surface area contributed by atoms with Crippen LogP contribution in [-0.2, 0) is 4.79 Å². The summed E-state index contributed by atoms with van der Waals surface area (Å²) in [5, 5.41) is 3.23. The van der Waals surface area contributed by atoms with Gasteiger partial charge in [0, 0.05) is 58.9 Å². The van der Waals surface area contributed by atoms with Crippen molar-refractivity contribution >= 4 is 5.91 Å². The standard InChI is InChI=1S/C12H25N5O/c1-15-4-6-16(7-5-15)8-9-17-3-2-14-10-11(17)12(13)18/h11,14H,2-10H2,1H3,(H2,13,18). The Hall–Kier alpha value is -0.690. The molecule has 0 aliphatic carbocycles. The van der Waals surface area contributed by atoms with Crippen LogP contribution in [0.3, 0.4) is 0 Å². The van der Waals surface area contributed by atoms with Gasteiger partial charge >= 0.3 is 0 Å². The first-order valence-corrected chi connectivity index (χ1v) is 6.82. The molecule has 0 aromatic rings. The van der Waals surface area contributed by atoms with Crippen LogP contribution in [0.15, 0.2) is 0 Å². The molecule has 3 N–H and O–H groups in total. The Morgan fingerprint density at radius 3 is 2.61 bits per heavy atom. The van der Waals surface area contributed by atoms with Gasteiger partial charge in [0.1, 0.15) is 6.04 Å². The SMILES string of the molecule is CN1CCN(CCN2CCNCC2C(N)=O)CC1. The van der Waals surface area contributed by atoms with E-state index in [1.165, 1.54) is 0 Å². The molecule has 0 aromatic heterocycles. The van der Waals surface area contributed by atoms with Crippen LogP contribution in [0.4, 0.5) is 0 Å². The topological polar surface area (TPSA) is 64.8 Å². The summed E-state index contributed by atoms with van der Waals surface area (Å²) < 4.78 is 0. The minimum absolute atomic E-state index is 0.133. The maximum absolute atomic E-state index is 11.4. The summed E-state index contributed by atoms with van der Waals surface area (Å²) in [6.45, 7) is 9.08. The molecular weight excluding hydrogens is 230 g/mol. The molecule has 104 valence electrons. The Labute approximate surface area is 109 Å². The van der Waals surface area contributed by atoms with Gasteiger partial charge in [-0.05, 0) is 7.05 Å². The third-order valence-electron chi connectivity index (χ3n) is 3.98. The van der Waals surface area contributed by atoms with Crippen molar-refractivity contribution in [3.8, 4) is 0 Å². The van der Waals surface area contributed by atoms with E-state index in [1.807, 2.05) is 0 Å². The van der Waals surface area contributed by atoms with Crippen molar-refractivity contribution in [2.45, 2.75) is 6.04 Å². The second-order valence-corrected chi connectivity index (χ2v) is 5.30. The lowest BCUT2D eigenvalue weighted by molar-refractivity contribution is -0.123. The second-order valence-electron chi connectivity index (χ2n) is 5.30. The first-order valence-electron chi connectivity index (χ1n) is 6.82. The third kappa shape index (κ3) is 3.65. The summed E-state index contributed by atoms with van der Waals surface area (Å²) in [6, 6.07) is -0.133.